The minimum Gasteiger partial charge on any atom is -0.449 e. The molecule has 0 saturated heterocycles. The van der Waals surface area contributed by atoms with Crippen LogP contribution in [0.1, 0.15) is 42.9 Å². The number of nitrogens with zero attached hydrogens (tertiary/aromatic N) is 1. The van der Waals surface area contributed by atoms with Crippen molar-refractivity contribution in [1.29, 1.82) is 0 Å². The third kappa shape index (κ3) is 6.05. The summed E-state index contributed by atoms with van der Waals surface area (Å²) in [6.07, 6.45) is 0.0475. The highest BCUT2D eigenvalue weighted by Gasteiger charge is 2.31. The Labute approximate surface area is 241 Å². The number of fused-ring (bicyclic) bond motifs is 3. The van der Waals surface area contributed by atoms with Crippen LogP contribution in [-0.4, -0.2) is 43.6 Å². The lowest BCUT2D eigenvalue weighted by Gasteiger charge is -2.27. The van der Waals surface area contributed by atoms with E-state index in [1.807, 2.05) is 45.0 Å². The summed E-state index contributed by atoms with van der Waals surface area (Å²) in [7, 11) is -2.56. The van der Waals surface area contributed by atoms with Crippen LogP contribution in [0.5, 0.6) is 0 Å². The number of hydrogen-bond acceptors (Lipinski definition) is 6. The van der Waals surface area contributed by atoms with E-state index in [1.165, 1.54) is 19.2 Å². The summed E-state index contributed by atoms with van der Waals surface area (Å²) in [5, 5.41) is 2.82. The van der Waals surface area contributed by atoms with Crippen molar-refractivity contribution in [1.82, 2.24) is 9.62 Å². The normalized spacial score (nSPS) is 13.9. The molecule has 2 unspecified atom stereocenters. The number of carbonyl (C=O) groups is 1. The maximum Gasteiger partial charge on any atom is 0.407 e. The quantitative estimate of drug-likeness (QED) is 0.222. The lowest BCUT2D eigenvalue weighted by Crippen LogP contribution is -2.46. The number of nitrogens with one attached hydrogen (secondary N) is 1. The number of hydrogen-bond donors (Lipinski definition) is 1. The van der Waals surface area contributed by atoms with E-state index < -0.39 is 22.2 Å². The zero-order chi connectivity index (χ0) is 29.0. The average molecular weight is 579 g/mol. The van der Waals surface area contributed by atoms with Crippen LogP contribution in [0.4, 0.5) is 4.79 Å². The van der Waals surface area contributed by atoms with Gasteiger partial charge >= 0.3 is 6.09 Å². The number of thiocarbonyl (C=S) groups is 1. The molecule has 0 aliphatic heterocycles. The molecule has 4 rings (SSSR count). The Morgan fingerprint density at radius 2 is 1.57 bits per heavy atom. The Balaban J connectivity index is 1.41. The molecule has 0 radical (unpaired) electrons. The van der Waals surface area contributed by atoms with Crippen LogP contribution in [0.25, 0.3) is 11.1 Å². The molecular formula is C31H34N2O5S2. The molecule has 3 aromatic rings. The summed E-state index contributed by atoms with van der Waals surface area (Å²) in [6, 6.07) is 22.0. The highest BCUT2D eigenvalue weighted by atomic mass is 32.2. The highest BCUT2D eigenvalue weighted by molar-refractivity contribution is 7.89. The van der Waals surface area contributed by atoms with Crippen LogP contribution in [0, 0.1) is 12.8 Å². The third-order valence-electron chi connectivity index (χ3n) is 7.33. The fraction of sp³-hybridized carbons (Fsp3) is 0.290. The van der Waals surface area contributed by atoms with E-state index in [9.17, 15) is 13.2 Å². The van der Waals surface area contributed by atoms with Gasteiger partial charge in [0.25, 0.3) is 10.0 Å². The lowest BCUT2D eigenvalue weighted by atomic mass is 9.98. The number of aryl methyl sites for hydroxylation is 1. The molecule has 1 amide bonds. The molecule has 0 fully saturated rings. The van der Waals surface area contributed by atoms with Crippen molar-refractivity contribution in [2.24, 2.45) is 5.92 Å². The lowest BCUT2D eigenvalue weighted by molar-refractivity contribution is 0.137. The van der Waals surface area contributed by atoms with Crippen LogP contribution >= 0.6 is 12.2 Å². The van der Waals surface area contributed by atoms with Crippen LogP contribution in [0.2, 0.25) is 0 Å². The van der Waals surface area contributed by atoms with Crippen molar-refractivity contribution >= 4 is 33.4 Å². The second kappa shape index (κ2) is 12.2. The van der Waals surface area contributed by atoms with Crippen LogP contribution in [0.3, 0.4) is 0 Å². The van der Waals surface area contributed by atoms with Crippen molar-refractivity contribution in [2.45, 2.75) is 44.0 Å². The summed E-state index contributed by atoms with van der Waals surface area (Å²) in [4.78, 5) is 13.1. The van der Waals surface area contributed by atoms with E-state index in [2.05, 4.69) is 36.2 Å². The first-order chi connectivity index (χ1) is 19.0. The van der Waals surface area contributed by atoms with Crippen LogP contribution in [-0.2, 0) is 19.5 Å². The van der Waals surface area contributed by atoms with Gasteiger partial charge in [-0.05, 0) is 66.0 Å². The van der Waals surface area contributed by atoms with Gasteiger partial charge in [0, 0.05) is 13.0 Å². The first-order valence-corrected chi connectivity index (χ1v) is 15.0. The number of benzene rings is 3. The Morgan fingerprint density at radius 3 is 2.12 bits per heavy atom. The number of sulfonamides is 1. The van der Waals surface area contributed by atoms with E-state index >= 15 is 0 Å². The maximum atomic E-state index is 13.0. The Hall–Kier alpha value is -3.69. The molecule has 210 valence electrons. The van der Waals surface area contributed by atoms with Crippen molar-refractivity contribution in [3.63, 3.8) is 0 Å². The average Bonchev–Trinajstić information content (AvgIpc) is 3.27. The molecule has 40 heavy (non-hydrogen) atoms. The van der Waals surface area contributed by atoms with Crippen molar-refractivity contribution < 1.29 is 22.7 Å². The fourth-order valence-corrected chi connectivity index (χ4v) is 6.17. The van der Waals surface area contributed by atoms with Gasteiger partial charge in [-0.3, -0.25) is 0 Å². The molecular weight excluding hydrogens is 544 g/mol. The molecule has 3 aromatic carbocycles. The molecule has 0 saturated carbocycles. The Morgan fingerprint density at radius 1 is 1.02 bits per heavy atom. The summed E-state index contributed by atoms with van der Waals surface area (Å²) in [6.45, 7) is 9.68. The predicted octanol–water partition coefficient (Wildman–Crippen LogP) is 6.38. The molecule has 0 heterocycles. The van der Waals surface area contributed by atoms with E-state index in [-0.39, 0.29) is 34.3 Å². The fourth-order valence-electron chi connectivity index (χ4n) is 4.68. The summed E-state index contributed by atoms with van der Waals surface area (Å²) < 4.78 is 38.4. The van der Waals surface area contributed by atoms with E-state index in [4.69, 9.17) is 21.7 Å². The smallest absolute Gasteiger partial charge is 0.407 e. The van der Waals surface area contributed by atoms with Crippen molar-refractivity contribution in [2.75, 3.05) is 13.7 Å². The second-order valence-corrected chi connectivity index (χ2v) is 12.3. The second-order valence-electron chi connectivity index (χ2n) is 9.93. The number of rotatable bonds is 10. The molecule has 0 aromatic heterocycles. The molecule has 1 N–H and O–H groups in total. The largest absolute Gasteiger partial charge is 0.449 e. The summed E-state index contributed by atoms with van der Waals surface area (Å²) >= 11 is 5.51. The standard InChI is InChI=1S/C31H34N2O5S2/c1-6-21(3)29(30(39)38-22(4)33(5)40(35,36)23-17-15-20(2)16-18-23)32-31(34)37-19-28-26-13-9-7-11-24(26)25-12-8-10-14-27(25)28/h7-18,21,28-29H,4,6,19H2,1-3,5H3,(H,32,34). The number of carbonyl (C=O) groups excluding carboxylic acids is 1. The van der Waals surface area contributed by atoms with Gasteiger partial charge in [-0.15, -0.1) is 0 Å². The van der Waals surface area contributed by atoms with Gasteiger partial charge < -0.3 is 14.8 Å². The molecule has 1 aliphatic carbocycles. The van der Waals surface area contributed by atoms with Gasteiger partial charge in [-0.1, -0.05) is 86.5 Å². The highest BCUT2D eigenvalue weighted by Crippen LogP contribution is 2.44. The zero-order valence-electron chi connectivity index (χ0n) is 23.1. The first kappa shape index (κ1) is 29.3. The SMILES string of the molecule is C=C(OC(=S)C(NC(=O)OCC1c2ccccc2-c2ccccc21)C(C)CC)N(C)S(=O)(=O)c1ccc(C)cc1. The number of amides is 1. The van der Waals surface area contributed by atoms with Gasteiger partial charge in [0.2, 0.25) is 5.88 Å². The zero-order valence-corrected chi connectivity index (χ0v) is 24.7. The van der Waals surface area contributed by atoms with Crippen LogP contribution in [0.15, 0.2) is 90.2 Å². The van der Waals surface area contributed by atoms with E-state index in [0.29, 0.717) is 6.42 Å². The van der Waals surface area contributed by atoms with Crippen LogP contribution < -0.4 is 5.32 Å². The molecule has 2 atom stereocenters. The maximum absolute atomic E-state index is 13.0. The Bertz CT molecular complexity index is 1470. The van der Waals surface area contributed by atoms with E-state index in [0.717, 1.165) is 32.1 Å². The minimum atomic E-state index is -3.90. The molecule has 1 aliphatic rings. The van der Waals surface area contributed by atoms with Gasteiger partial charge in [-0.25, -0.2) is 17.5 Å². The molecule has 7 nitrogen and oxygen atoms in total. The molecule has 0 bridgehead atoms. The van der Waals surface area contributed by atoms with E-state index in [1.54, 1.807) is 12.1 Å². The van der Waals surface area contributed by atoms with Crippen molar-refractivity contribution in [3.8, 4) is 11.1 Å². The first-order valence-electron chi connectivity index (χ1n) is 13.1. The minimum absolute atomic E-state index is 0.00110. The number of alkyl carbamates (subject to hydrolysis) is 1. The monoisotopic (exact) mass is 578 g/mol. The van der Waals surface area contributed by atoms with Gasteiger partial charge in [0.1, 0.15) is 12.6 Å². The summed E-state index contributed by atoms with van der Waals surface area (Å²) in [5.41, 5.74) is 5.45. The third-order valence-corrected chi connectivity index (χ3v) is 9.46. The number of ether oxygens (including phenoxy) is 2. The molecule has 0 spiro atoms. The summed E-state index contributed by atoms with van der Waals surface area (Å²) in [5.74, 6) is -0.364. The Kier molecular flexibility index (Phi) is 8.95. The van der Waals surface area contributed by atoms with Crippen molar-refractivity contribution in [3.05, 3.63) is 102 Å². The predicted molar refractivity (Wildman–Crippen MR) is 160 cm³/mol. The van der Waals surface area contributed by atoms with Gasteiger partial charge in [0.15, 0.2) is 5.05 Å². The molecule has 9 heteroatoms. The van der Waals surface area contributed by atoms with Gasteiger partial charge in [-0.2, -0.15) is 0 Å². The van der Waals surface area contributed by atoms with Gasteiger partial charge in [0.05, 0.1) is 4.90 Å². The topological polar surface area (TPSA) is 84.9 Å².